The summed E-state index contributed by atoms with van der Waals surface area (Å²) in [6.07, 6.45) is 0. The van der Waals surface area contributed by atoms with Gasteiger partial charge in [0, 0.05) is 5.02 Å². The molecule has 1 aliphatic heterocycles. The maximum absolute atomic E-state index is 13.2. The molecule has 0 radical (unpaired) electrons. The van der Waals surface area contributed by atoms with Crippen LogP contribution in [0.1, 0.15) is 10.4 Å². The van der Waals surface area contributed by atoms with Crippen molar-refractivity contribution in [3.05, 3.63) is 40.9 Å². The number of methoxy groups -OCH3 is 3. The molecule has 0 fully saturated rings. The number of carbonyl (C=O) groups excluding carboxylic acids is 1. The molecular weight excluding hydrogens is 398 g/mol. The Balaban J connectivity index is 2.17. The number of hydrogen-bond acceptors (Lipinski definition) is 7. The van der Waals surface area contributed by atoms with E-state index in [-0.39, 0.29) is 45.1 Å². The maximum atomic E-state index is 13.2. The van der Waals surface area contributed by atoms with Gasteiger partial charge in [0.15, 0.2) is 18.2 Å². The Morgan fingerprint density at radius 1 is 1.11 bits per heavy atom. The molecular formula is C17H16ClNO7S. The van der Waals surface area contributed by atoms with Crippen molar-refractivity contribution in [1.82, 2.24) is 0 Å². The average molecular weight is 414 g/mol. The molecule has 2 aromatic carbocycles. The van der Waals surface area contributed by atoms with Crippen LogP contribution in [-0.2, 0) is 14.8 Å². The van der Waals surface area contributed by atoms with E-state index in [0.29, 0.717) is 0 Å². The number of esters is 1. The fraction of sp³-hybridized carbons (Fsp3) is 0.235. The van der Waals surface area contributed by atoms with Gasteiger partial charge in [0.2, 0.25) is 0 Å². The van der Waals surface area contributed by atoms with Gasteiger partial charge in [-0.05, 0) is 30.3 Å². The Hall–Kier alpha value is -2.65. The van der Waals surface area contributed by atoms with E-state index >= 15 is 0 Å². The van der Waals surface area contributed by atoms with Gasteiger partial charge in [-0.3, -0.25) is 0 Å². The van der Waals surface area contributed by atoms with Gasteiger partial charge in [0.05, 0.1) is 26.9 Å². The molecule has 0 aliphatic carbocycles. The van der Waals surface area contributed by atoms with Gasteiger partial charge in [-0.1, -0.05) is 11.6 Å². The third-order valence-electron chi connectivity index (χ3n) is 3.96. The lowest BCUT2D eigenvalue weighted by atomic mass is 10.1. The minimum atomic E-state index is -4.10. The number of halogens is 1. The van der Waals surface area contributed by atoms with Crippen molar-refractivity contribution in [2.45, 2.75) is 4.90 Å². The van der Waals surface area contributed by atoms with Crippen molar-refractivity contribution in [2.75, 3.05) is 32.4 Å². The number of sulfonamides is 1. The molecule has 0 aromatic heterocycles. The van der Waals surface area contributed by atoms with Crippen molar-refractivity contribution >= 4 is 33.3 Å². The summed E-state index contributed by atoms with van der Waals surface area (Å²) in [4.78, 5) is 11.8. The molecule has 0 N–H and O–H groups in total. The number of fused-ring (bicyclic) bond motifs is 1. The fourth-order valence-electron chi connectivity index (χ4n) is 2.67. The van der Waals surface area contributed by atoms with E-state index in [2.05, 4.69) is 0 Å². The van der Waals surface area contributed by atoms with Crippen LogP contribution >= 0.6 is 11.6 Å². The normalized spacial score (nSPS) is 13.0. The standard InChI is InChI=1S/C17H16ClNO7S/c1-23-13-5-4-11(18)8-15(13)27(21,22)19-9-26-16-12(19)6-10(17(20)25-3)7-14(16)24-2/h4-8H,9H2,1-3H3. The Morgan fingerprint density at radius 3 is 2.44 bits per heavy atom. The molecule has 1 heterocycles. The van der Waals surface area contributed by atoms with Crippen LogP contribution in [0.4, 0.5) is 5.69 Å². The van der Waals surface area contributed by atoms with Crippen LogP contribution in [0, 0.1) is 0 Å². The van der Waals surface area contributed by atoms with Gasteiger partial charge in [0.25, 0.3) is 10.0 Å². The molecule has 27 heavy (non-hydrogen) atoms. The van der Waals surface area contributed by atoms with Crippen molar-refractivity contribution < 1.29 is 32.2 Å². The van der Waals surface area contributed by atoms with Crippen LogP contribution in [0.3, 0.4) is 0 Å². The second-order valence-electron chi connectivity index (χ2n) is 5.44. The molecule has 1 aliphatic rings. The molecule has 0 saturated heterocycles. The monoisotopic (exact) mass is 413 g/mol. The molecule has 2 aromatic rings. The fourth-order valence-corrected chi connectivity index (χ4v) is 4.41. The number of anilines is 1. The van der Waals surface area contributed by atoms with Gasteiger partial charge in [-0.15, -0.1) is 0 Å². The third kappa shape index (κ3) is 3.24. The number of carbonyl (C=O) groups is 1. The van der Waals surface area contributed by atoms with Crippen LogP contribution in [0.25, 0.3) is 0 Å². The zero-order valence-corrected chi connectivity index (χ0v) is 16.3. The zero-order valence-electron chi connectivity index (χ0n) is 14.7. The molecule has 144 valence electrons. The van der Waals surface area contributed by atoms with Gasteiger partial charge >= 0.3 is 5.97 Å². The number of ether oxygens (including phenoxy) is 4. The van der Waals surface area contributed by atoms with E-state index in [0.717, 1.165) is 4.31 Å². The third-order valence-corrected chi connectivity index (χ3v) is 5.96. The Kier molecular flexibility index (Phi) is 5.07. The summed E-state index contributed by atoms with van der Waals surface area (Å²) in [5.41, 5.74) is 0.272. The summed E-state index contributed by atoms with van der Waals surface area (Å²) >= 11 is 5.97. The predicted octanol–water partition coefficient (Wildman–Crippen LogP) is 2.69. The van der Waals surface area contributed by atoms with E-state index in [4.69, 9.17) is 30.5 Å². The molecule has 0 atom stereocenters. The lowest BCUT2D eigenvalue weighted by Gasteiger charge is -2.19. The van der Waals surface area contributed by atoms with Crippen molar-refractivity contribution in [2.24, 2.45) is 0 Å². The highest BCUT2D eigenvalue weighted by atomic mass is 35.5. The molecule has 3 rings (SSSR count). The number of hydrogen-bond donors (Lipinski definition) is 0. The van der Waals surface area contributed by atoms with Crippen LogP contribution in [0.2, 0.25) is 5.02 Å². The molecule has 8 nitrogen and oxygen atoms in total. The first-order chi connectivity index (χ1) is 12.8. The number of benzene rings is 2. The first-order valence-electron chi connectivity index (χ1n) is 7.63. The van der Waals surface area contributed by atoms with E-state index in [9.17, 15) is 13.2 Å². The van der Waals surface area contributed by atoms with Crippen LogP contribution in [-0.4, -0.2) is 42.4 Å². The quantitative estimate of drug-likeness (QED) is 0.696. The van der Waals surface area contributed by atoms with Gasteiger partial charge < -0.3 is 18.9 Å². The van der Waals surface area contributed by atoms with Gasteiger partial charge in [-0.2, -0.15) is 0 Å². The highest BCUT2D eigenvalue weighted by Gasteiger charge is 2.37. The topological polar surface area (TPSA) is 91.4 Å². The highest BCUT2D eigenvalue weighted by Crippen LogP contribution is 2.46. The summed E-state index contributed by atoms with van der Waals surface area (Å²) in [7, 11) is -0.132. The summed E-state index contributed by atoms with van der Waals surface area (Å²) in [5.74, 6) is -0.0944. The van der Waals surface area contributed by atoms with Crippen molar-refractivity contribution in [3.8, 4) is 17.2 Å². The molecule has 0 unspecified atom stereocenters. The largest absolute Gasteiger partial charge is 0.495 e. The van der Waals surface area contributed by atoms with E-state index in [1.54, 1.807) is 0 Å². The minimum absolute atomic E-state index is 0.122. The second kappa shape index (κ2) is 7.16. The maximum Gasteiger partial charge on any atom is 0.338 e. The smallest absolute Gasteiger partial charge is 0.338 e. The lowest BCUT2D eigenvalue weighted by molar-refractivity contribution is 0.0600. The van der Waals surface area contributed by atoms with Gasteiger partial charge in [0.1, 0.15) is 16.3 Å². The number of rotatable bonds is 5. The van der Waals surface area contributed by atoms with E-state index in [1.165, 1.54) is 51.7 Å². The predicted molar refractivity (Wildman–Crippen MR) is 97.5 cm³/mol. The summed E-state index contributed by atoms with van der Waals surface area (Å²) in [6.45, 7) is -0.297. The molecule has 0 bridgehead atoms. The first kappa shape index (κ1) is 19.1. The summed E-state index contributed by atoms with van der Waals surface area (Å²) in [5, 5.41) is 0.232. The van der Waals surface area contributed by atoms with Crippen LogP contribution in [0.5, 0.6) is 17.2 Å². The van der Waals surface area contributed by atoms with E-state index in [1.807, 2.05) is 0 Å². The molecule has 10 heteroatoms. The SMILES string of the molecule is COC(=O)c1cc(OC)c2c(c1)N(S(=O)(=O)c1cc(Cl)ccc1OC)CO2. The Morgan fingerprint density at radius 2 is 1.81 bits per heavy atom. The lowest BCUT2D eigenvalue weighted by Crippen LogP contribution is -2.30. The molecule has 0 amide bonds. The Bertz CT molecular complexity index is 1010. The Labute approximate surface area is 161 Å². The van der Waals surface area contributed by atoms with Crippen LogP contribution < -0.4 is 18.5 Å². The molecule has 0 saturated carbocycles. The minimum Gasteiger partial charge on any atom is -0.495 e. The van der Waals surface area contributed by atoms with Crippen molar-refractivity contribution in [3.63, 3.8) is 0 Å². The van der Waals surface area contributed by atoms with Crippen molar-refractivity contribution in [1.29, 1.82) is 0 Å². The van der Waals surface area contributed by atoms with Gasteiger partial charge in [-0.25, -0.2) is 17.5 Å². The second-order valence-corrected chi connectivity index (χ2v) is 7.71. The average Bonchev–Trinajstić information content (AvgIpc) is 3.11. The molecule has 0 spiro atoms. The summed E-state index contributed by atoms with van der Waals surface area (Å²) in [6, 6.07) is 7.05. The van der Waals surface area contributed by atoms with E-state index < -0.39 is 16.0 Å². The van der Waals surface area contributed by atoms with Crippen LogP contribution in [0.15, 0.2) is 35.2 Å². The first-order valence-corrected chi connectivity index (χ1v) is 9.44. The summed E-state index contributed by atoms with van der Waals surface area (Å²) < 4.78 is 48.1. The zero-order chi connectivity index (χ0) is 19.8. The highest BCUT2D eigenvalue weighted by molar-refractivity contribution is 7.93. The number of nitrogens with zero attached hydrogens (tertiary/aromatic N) is 1.